The van der Waals surface area contributed by atoms with Crippen LogP contribution in [-0.4, -0.2) is 42.3 Å². The summed E-state index contributed by atoms with van der Waals surface area (Å²) in [5, 5.41) is 8.05. The topological polar surface area (TPSA) is 156 Å². The maximum atomic E-state index is 12.4. The molecule has 0 radical (unpaired) electrons. The van der Waals surface area contributed by atoms with E-state index in [0.29, 0.717) is 11.1 Å². The summed E-state index contributed by atoms with van der Waals surface area (Å²) in [6.45, 7) is 0. The van der Waals surface area contributed by atoms with Gasteiger partial charge in [0.15, 0.2) is 0 Å². The van der Waals surface area contributed by atoms with Crippen LogP contribution in [-0.2, 0) is 4.79 Å². The third-order valence-corrected chi connectivity index (χ3v) is 4.01. The van der Waals surface area contributed by atoms with E-state index in [1.165, 1.54) is 23.1 Å². The Morgan fingerprint density at radius 3 is 1.96 bits per heavy atom. The van der Waals surface area contributed by atoms with Gasteiger partial charge in [-0.25, -0.2) is 0 Å². The molecule has 0 saturated heterocycles. The molecule has 0 bridgehead atoms. The number of rotatable bonds is 6. The van der Waals surface area contributed by atoms with Crippen LogP contribution < -0.4 is 17.2 Å². The number of anilines is 1. The van der Waals surface area contributed by atoms with Gasteiger partial charge < -0.3 is 22.1 Å². The molecule has 2 rings (SSSR count). The van der Waals surface area contributed by atoms with Crippen LogP contribution in [0.3, 0.4) is 0 Å². The van der Waals surface area contributed by atoms with E-state index in [-0.39, 0.29) is 34.1 Å². The first-order chi connectivity index (χ1) is 13.1. The first kappa shape index (κ1) is 20.4. The molecule has 2 aromatic rings. The first-order valence-electron chi connectivity index (χ1n) is 8.23. The minimum Gasteiger partial charge on any atom is -0.398 e. The van der Waals surface area contributed by atoms with Crippen molar-refractivity contribution in [1.82, 2.24) is 4.90 Å². The molecule has 28 heavy (non-hydrogen) atoms. The minimum atomic E-state index is -0.656. The van der Waals surface area contributed by atoms with Gasteiger partial charge in [-0.2, -0.15) is 0 Å². The van der Waals surface area contributed by atoms with E-state index in [1.807, 2.05) is 0 Å². The zero-order chi connectivity index (χ0) is 21.0. The molecule has 0 aromatic heterocycles. The molecule has 0 aliphatic heterocycles. The lowest BCUT2D eigenvalue weighted by molar-refractivity contribution is -0.108. The van der Waals surface area contributed by atoms with Crippen LogP contribution in [0.1, 0.15) is 31.8 Å². The molecule has 8 heteroatoms. The highest BCUT2D eigenvalue weighted by Crippen LogP contribution is 2.17. The van der Waals surface area contributed by atoms with Crippen LogP contribution in [0.2, 0.25) is 0 Å². The van der Waals surface area contributed by atoms with Crippen molar-refractivity contribution in [2.75, 3.05) is 19.8 Å². The fourth-order valence-corrected chi connectivity index (χ4v) is 2.44. The summed E-state index contributed by atoms with van der Waals surface area (Å²) in [6, 6.07) is 10.5. The molecule has 0 aliphatic carbocycles. The number of hydrogen-bond donors (Lipinski definition) is 4. The molecule has 0 heterocycles. The van der Waals surface area contributed by atoms with Crippen molar-refractivity contribution in [3.63, 3.8) is 0 Å². The number of benzene rings is 2. The summed E-state index contributed by atoms with van der Waals surface area (Å²) >= 11 is 0. The van der Waals surface area contributed by atoms with Gasteiger partial charge >= 0.3 is 0 Å². The molecule has 0 saturated carbocycles. The number of nitrogen functional groups attached to an aromatic ring is 1. The monoisotopic (exact) mass is 379 g/mol. The van der Waals surface area contributed by atoms with Gasteiger partial charge in [-0.05, 0) is 35.9 Å². The number of allylic oxidation sites excluding steroid dienone is 1. The Morgan fingerprint density at radius 2 is 1.46 bits per heavy atom. The number of amides is 2. The Bertz CT molecular complexity index is 991. The molecule has 144 valence electrons. The van der Waals surface area contributed by atoms with E-state index in [1.54, 1.807) is 38.4 Å². The lowest BCUT2D eigenvalue weighted by atomic mass is 10.0. The van der Waals surface area contributed by atoms with Gasteiger partial charge in [0.2, 0.25) is 11.7 Å². The molecule has 8 nitrogen and oxygen atoms in total. The molecule has 0 aliphatic rings. The van der Waals surface area contributed by atoms with E-state index >= 15 is 0 Å². The molecular formula is C20H21N5O3. The average molecular weight is 379 g/mol. The van der Waals surface area contributed by atoms with Gasteiger partial charge in [0.1, 0.15) is 5.71 Å². The summed E-state index contributed by atoms with van der Waals surface area (Å²) in [5.74, 6) is -1.46. The largest absolute Gasteiger partial charge is 0.398 e. The SMILES string of the molecule is CN(C)C(=O)c1ccc(C(N)=CC(=O)C(=N)c2ccc(C(N)=O)cc2N)cc1. The van der Waals surface area contributed by atoms with Crippen molar-refractivity contribution >= 4 is 34.7 Å². The Kier molecular flexibility index (Phi) is 5.95. The van der Waals surface area contributed by atoms with Gasteiger partial charge in [0, 0.05) is 48.2 Å². The van der Waals surface area contributed by atoms with Crippen LogP contribution in [0.4, 0.5) is 5.69 Å². The van der Waals surface area contributed by atoms with Crippen LogP contribution in [0.15, 0.2) is 48.5 Å². The van der Waals surface area contributed by atoms with Gasteiger partial charge in [0.25, 0.3) is 5.91 Å². The van der Waals surface area contributed by atoms with Gasteiger partial charge in [-0.3, -0.25) is 19.8 Å². The number of nitrogens with two attached hydrogens (primary N) is 3. The molecule has 0 atom stereocenters. The molecule has 2 amide bonds. The number of hydrogen-bond acceptors (Lipinski definition) is 6. The third kappa shape index (κ3) is 4.42. The number of carbonyl (C=O) groups excluding carboxylic acids is 3. The van der Waals surface area contributed by atoms with E-state index in [9.17, 15) is 14.4 Å². The molecule has 0 fully saturated rings. The zero-order valence-electron chi connectivity index (χ0n) is 15.5. The van der Waals surface area contributed by atoms with Gasteiger partial charge in [-0.1, -0.05) is 12.1 Å². The van der Waals surface area contributed by atoms with E-state index < -0.39 is 11.7 Å². The molecule has 0 spiro atoms. The second kappa shape index (κ2) is 8.17. The predicted molar refractivity (Wildman–Crippen MR) is 108 cm³/mol. The van der Waals surface area contributed by atoms with Crippen LogP contribution in [0, 0.1) is 5.41 Å². The van der Waals surface area contributed by atoms with Gasteiger partial charge in [0.05, 0.1) is 0 Å². The van der Waals surface area contributed by atoms with Crippen LogP contribution in [0.5, 0.6) is 0 Å². The standard InChI is InChI=1S/C20H21N5O3/c1-25(2)20(28)12-5-3-11(4-6-12)15(21)10-17(26)18(23)14-8-7-13(19(24)27)9-16(14)22/h3-10,23H,21-22H2,1-2H3,(H2,24,27). The Labute approximate surface area is 162 Å². The van der Waals surface area contributed by atoms with E-state index in [4.69, 9.17) is 22.6 Å². The summed E-state index contributed by atoms with van der Waals surface area (Å²) in [5.41, 5.74) is 18.2. The number of nitrogens with one attached hydrogen (secondary N) is 1. The fourth-order valence-electron chi connectivity index (χ4n) is 2.44. The maximum absolute atomic E-state index is 12.4. The Balaban J connectivity index is 2.22. The normalized spacial score (nSPS) is 11.0. The number of carbonyl (C=O) groups is 3. The number of nitrogens with zero attached hydrogens (tertiary/aromatic N) is 1. The third-order valence-electron chi connectivity index (χ3n) is 4.01. The lowest BCUT2D eigenvalue weighted by Crippen LogP contribution is -2.21. The van der Waals surface area contributed by atoms with Crippen molar-refractivity contribution in [2.24, 2.45) is 11.5 Å². The van der Waals surface area contributed by atoms with Crippen LogP contribution in [0.25, 0.3) is 5.70 Å². The summed E-state index contributed by atoms with van der Waals surface area (Å²) in [6.07, 6.45) is 1.12. The summed E-state index contributed by atoms with van der Waals surface area (Å²) in [7, 11) is 3.30. The number of ketones is 1. The maximum Gasteiger partial charge on any atom is 0.253 e. The number of primary amides is 1. The van der Waals surface area contributed by atoms with Crippen molar-refractivity contribution in [3.8, 4) is 0 Å². The molecule has 2 aromatic carbocycles. The van der Waals surface area contributed by atoms with E-state index in [0.717, 1.165) is 6.08 Å². The lowest BCUT2D eigenvalue weighted by Gasteiger charge is -2.10. The second-order valence-electron chi connectivity index (χ2n) is 6.28. The van der Waals surface area contributed by atoms with Crippen molar-refractivity contribution in [1.29, 1.82) is 5.41 Å². The minimum absolute atomic E-state index is 0.0909. The van der Waals surface area contributed by atoms with Crippen LogP contribution >= 0.6 is 0 Å². The molecule has 7 N–H and O–H groups in total. The smallest absolute Gasteiger partial charge is 0.253 e. The Hall–Kier alpha value is -3.94. The van der Waals surface area contributed by atoms with Crippen molar-refractivity contribution < 1.29 is 14.4 Å². The fraction of sp³-hybridized carbons (Fsp3) is 0.100. The highest BCUT2D eigenvalue weighted by Gasteiger charge is 2.15. The summed E-state index contributed by atoms with van der Waals surface area (Å²) < 4.78 is 0. The van der Waals surface area contributed by atoms with E-state index in [2.05, 4.69) is 0 Å². The molecule has 0 unspecified atom stereocenters. The zero-order valence-corrected chi connectivity index (χ0v) is 15.5. The molecular weight excluding hydrogens is 358 g/mol. The quantitative estimate of drug-likeness (QED) is 0.335. The van der Waals surface area contributed by atoms with Crippen molar-refractivity contribution in [3.05, 3.63) is 70.8 Å². The highest BCUT2D eigenvalue weighted by atomic mass is 16.2. The van der Waals surface area contributed by atoms with Gasteiger partial charge in [-0.15, -0.1) is 0 Å². The Morgan fingerprint density at radius 1 is 0.929 bits per heavy atom. The average Bonchev–Trinajstić information content (AvgIpc) is 2.66. The predicted octanol–water partition coefficient (Wildman–Crippen LogP) is 1.01. The summed E-state index contributed by atoms with van der Waals surface area (Å²) in [4.78, 5) is 36.9. The van der Waals surface area contributed by atoms with Crippen molar-refractivity contribution in [2.45, 2.75) is 0 Å². The highest BCUT2D eigenvalue weighted by molar-refractivity contribution is 6.50. The first-order valence-corrected chi connectivity index (χ1v) is 8.23. The second-order valence-corrected chi connectivity index (χ2v) is 6.28.